The summed E-state index contributed by atoms with van der Waals surface area (Å²) in [4.78, 5) is 23.3. The Hall–Kier alpha value is -0.680. The molecule has 5 heteroatoms. The Morgan fingerprint density at radius 3 is 2.47 bits per heavy atom. The Bertz CT molecular complexity index is 394. The predicted octanol–water partition coefficient (Wildman–Crippen LogP) is 3.59. The minimum Gasteiger partial charge on any atom is -0.462 e. The largest absolute Gasteiger partial charge is 0.462 e. The molecule has 0 N–H and O–H groups in total. The lowest BCUT2D eigenvalue weighted by Gasteiger charge is -2.05. The molecule has 92 valence electrons. The summed E-state index contributed by atoms with van der Waals surface area (Å²) in [6, 6.07) is 4.91. The number of halogens is 2. The van der Waals surface area contributed by atoms with Gasteiger partial charge in [0.2, 0.25) is 0 Å². The van der Waals surface area contributed by atoms with Crippen LogP contribution in [0, 0.1) is 0 Å². The molecule has 0 bridgehead atoms. The molecule has 0 aromatic heterocycles. The van der Waals surface area contributed by atoms with Gasteiger partial charge in [-0.25, -0.2) is 4.79 Å². The third-order valence-electron chi connectivity index (χ3n) is 2.05. The summed E-state index contributed by atoms with van der Waals surface area (Å²) in [5.74, 6) is -0.421. The van der Waals surface area contributed by atoms with Crippen LogP contribution in [0.4, 0.5) is 0 Å². The molecule has 3 nitrogen and oxygen atoms in total. The van der Waals surface area contributed by atoms with Gasteiger partial charge in [-0.3, -0.25) is 4.79 Å². The fraction of sp³-hybridized carbons (Fsp3) is 0.333. The highest BCUT2D eigenvalue weighted by Crippen LogP contribution is 2.18. The van der Waals surface area contributed by atoms with E-state index in [-0.39, 0.29) is 5.78 Å². The predicted molar refractivity (Wildman–Crippen MR) is 72.8 cm³/mol. The highest BCUT2D eigenvalue weighted by Gasteiger charge is 2.12. The van der Waals surface area contributed by atoms with Crippen LogP contribution in [0.1, 0.15) is 34.1 Å². The fourth-order valence-corrected chi connectivity index (χ4v) is 2.17. The molecule has 0 aliphatic heterocycles. The molecule has 0 aliphatic carbocycles. The van der Waals surface area contributed by atoms with Crippen molar-refractivity contribution in [2.75, 3.05) is 11.9 Å². The zero-order chi connectivity index (χ0) is 12.8. The molecule has 17 heavy (non-hydrogen) atoms. The number of rotatable bonds is 5. The highest BCUT2D eigenvalue weighted by atomic mass is 79.9. The van der Waals surface area contributed by atoms with Gasteiger partial charge in [0.15, 0.2) is 5.78 Å². The number of carbonyl (C=O) groups is 2. The Balaban J connectivity index is 3.01. The molecular weight excluding hydrogens is 352 g/mol. The van der Waals surface area contributed by atoms with Crippen LogP contribution in [0.3, 0.4) is 0 Å². The van der Waals surface area contributed by atoms with Gasteiger partial charge in [0.05, 0.1) is 12.2 Å². The van der Waals surface area contributed by atoms with Gasteiger partial charge in [0.1, 0.15) is 0 Å². The lowest BCUT2D eigenvalue weighted by molar-refractivity contribution is 0.0526. The molecule has 0 aliphatic rings. The molecule has 0 unspecified atom stereocenters. The SMILES string of the molecule is CCOC(=O)c1cc(Br)cc(C(=O)CCBr)c1. The summed E-state index contributed by atoms with van der Waals surface area (Å²) < 4.78 is 5.59. The average molecular weight is 364 g/mol. The van der Waals surface area contributed by atoms with E-state index in [4.69, 9.17) is 4.74 Å². The van der Waals surface area contributed by atoms with E-state index < -0.39 is 5.97 Å². The van der Waals surface area contributed by atoms with Gasteiger partial charge >= 0.3 is 5.97 Å². The van der Waals surface area contributed by atoms with Crippen LogP contribution in [0.5, 0.6) is 0 Å². The highest BCUT2D eigenvalue weighted by molar-refractivity contribution is 9.10. The molecule has 0 heterocycles. The summed E-state index contributed by atoms with van der Waals surface area (Å²) in [5.41, 5.74) is 0.904. The minimum absolute atomic E-state index is 0.00581. The fourth-order valence-electron chi connectivity index (χ4n) is 1.31. The van der Waals surface area contributed by atoms with E-state index in [0.717, 1.165) is 0 Å². The minimum atomic E-state index is -0.415. The molecule has 0 atom stereocenters. The van der Waals surface area contributed by atoms with Crippen molar-refractivity contribution < 1.29 is 14.3 Å². The number of alkyl halides is 1. The van der Waals surface area contributed by atoms with Crippen LogP contribution < -0.4 is 0 Å². The summed E-state index contributed by atoms with van der Waals surface area (Å²) in [7, 11) is 0. The molecule has 1 rings (SSSR count). The quantitative estimate of drug-likeness (QED) is 0.456. The maximum absolute atomic E-state index is 11.7. The van der Waals surface area contributed by atoms with E-state index in [1.807, 2.05) is 0 Å². The molecular formula is C12H12Br2O3. The summed E-state index contributed by atoms with van der Waals surface area (Å²) in [6.07, 6.45) is 0.402. The monoisotopic (exact) mass is 362 g/mol. The van der Waals surface area contributed by atoms with Gasteiger partial charge < -0.3 is 4.74 Å². The standard InChI is InChI=1S/C12H12Br2O3/c1-2-17-12(16)9-5-8(6-10(14)7-9)11(15)3-4-13/h5-7H,2-4H2,1H3. The Labute approximate surface area is 117 Å². The molecule has 1 aromatic rings. The van der Waals surface area contributed by atoms with Crippen molar-refractivity contribution in [1.29, 1.82) is 0 Å². The zero-order valence-corrected chi connectivity index (χ0v) is 12.5. The van der Waals surface area contributed by atoms with E-state index in [0.29, 0.717) is 34.0 Å². The molecule has 0 saturated heterocycles. The van der Waals surface area contributed by atoms with Crippen LogP contribution in [0.2, 0.25) is 0 Å². The normalized spacial score (nSPS) is 10.1. The molecule has 0 spiro atoms. The Morgan fingerprint density at radius 1 is 1.24 bits per heavy atom. The first-order valence-corrected chi connectivity index (χ1v) is 7.06. The molecule has 0 fully saturated rings. The lowest BCUT2D eigenvalue weighted by Crippen LogP contribution is -2.07. The summed E-state index contributed by atoms with van der Waals surface area (Å²) in [5, 5.41) is 0.604. The maximum Gasteiger partial charge on any atom is 0.338 e. The third-order valence-corrected chi connectivity index (χ3v) is 2.91. The van der Waals surface area contributed by atoms with Crippen LogP contribution in [-0.4, -0.2) is 23.7 Å². The second kappa shape index (κ2) is 6.91. The Kier molecular flexibility index (Phi) is 5.85. The number of hydrogen-bond acceptors (Lipinski definition) is 3. The maximum atomic E-state index is 11.7. The number of hydrogen-bond donors (Lipinski definition) is 0. The second-order valence-electron chi connectivity index (χ2n) is 3.31. The van der Waals surface area contributed by atoms with Crippen LogP contribution in [-0.2, 0) is 4.74 Å². The number of benzene rings is 1. The van der Waals surface area contributed by atoms with Crippen molar-refractivity contribution in [3.8, 4) is 0 Å². The van der Waals surface area contributed by atoms with Crippen molar-refractivity contribution in [3.05, 3.63) is 33.8 Å². The first kappa shape index (κ1) is 14.4. The molecule has 0 saturated carbocycles. The summed E-state index contributed by atoms with van der Waals surface area (Å²) in [6.45, 7) is 2.06. The molecule has 0 radical (unpaired) electrons. The van der Waals surface area contributed by atoms with Crippen LogP contribution in [0.25, 0.3) is 0 Å². The van der Waals surface area contributed by atoms with Crippen molar-refractivity contribution in [2.24, 2.45) is 0 Å². The first-order chi connectivity index (χ1) is 8.08. The number of Topliss-reactive ketones (excluding diaryl/α,β-unsaturated/α-hetero) is 1. The van der Waals surface area contributed by atoms with Gasteiger partial charge in [-0.15, -0.1) is 0 Å². The zero-order valence-electron chi connectivity index (χ0n) is 9.33. The molecule has 1 aromatic carbocycles. The summed E-state index contributed by atoms with van der Waals surface area (Å²) >= 11 is 6.49. The number of ketones is 1. The van der Waals surface area contributed by atoms with Crippen LogP contribution in [0.15, 0.2) is 22.7 Å². The Morgan fingerprint density at radius 2 is 1.88 bits per heavy atom. The average Bonchev–Trinajstić information content (AvgIpc) is 2.29. The van der Waals surface area contributed by atoms with E-state index >= 15 is 0 Å². The smallest absolute Gasteiger partial charge is 0.338 e. The van der Waals surface area contributed by atoms with Gasteiger partial charge in [0, 0.05) is 21.8 Å². The topological polar surface area (TPSA) is 43.4 Å². The van der Waals surface area contributed by atoms with E-state index in [2.05, 4.69) is 31.9 Å². The van der Waals surface area contributed by atoms with Crippen molar-refractivity contribution in [1.82, 2.24) is 0 Å². The molecule has 0 amide bonds. The number of carbonyl (C=O) groups excluding carboxylic acids is 2. The van der Waals surface area contributed by atoms with Crippen molar-refractivity contribution in [3.63, 3.8) is 0 Å². The van der Waals surface area contributed by atoms with E-state index in [9.17, 15) is 9.59 Å². The van der Waals surface area contributed by atoms with Gasteiger partial charge in [-0.05, 0) is 25.1 Å². The van der Waals surface area contributed by atoms with Crippen molar-refractivity contribution >= 4 is 43.6 Å². The van der Waals surface area contributed by atoms with Crippen molar-refractivity contribution in [2.45, 2.75) is 13.3 Å². The first-order valence-electron chi connectivity index (χ1n) is 5.15. The van der Waals surface area contributed by atoms with Gasteiger partial charge in [-0.2, -0.15) is 0 Å². The number of ether oxygens (including phenoxy) is 1. The van der Waals surface area contributed by atoms with Gasteiger partial charge in [-0.1, -0.05) is 31.9 Å². The second-order valence-corrected chi connectivity index (χ2v) is 5.02. The lowest BCUT2D eigenvalue weighted by atomic mass is 10.1. The van der Waals surface area contributed by atoms with Crippen LogP contribution >= 0.6 is 31.9 Å². The number of esters is 1. The van der Waals surface area contributed by atoms with Gasteiger partial charge in [0.25, 0.3) is 0 Å². The van der Waals surface area contributed by atoms with E-state index in [1.54, 1.807) is 25.1 Å². The van der Waals surface area contributed by atoms with E-state index in [1.165, 1.54) is 0 Å². The third kappa shape index (κ3) is 4.24.